The number of ketones is 2. The Morgan fingerprint density at radius 3 is 1.00 bits per heavy atom. The predicted octanol–water partition coefficient (Wildman–Crippen LogP) is 18.5. The molecule has 6 aromatic rings. The first kappa shape index (κ1) is 89.5. The molecule has 3 aliphatic carbocycles. The Morgan fingerprint density at radius 1 is 0.419 bits per heavy atom. The zero-order valence-corrected chi connectivity index (χ0v) is 60.9. The molecule has 0 atom stereocenters. The van der Waals surface area contributed by atoms with Crippen molar-refractivity contribution in [1.29, 1.82) is 0 Å². The highest BCUT2D eigenvalue weighted by Gasteiger charge is 2.39. The van der Waals surface area contributed by atoms with E-state index < -0.39 is 53.6 Å². The number of aromatic carboxylic acids is 1. The summed E-state index contributed by atoms with van der Waals surface area (Å²) in [5.74, 6) is -6.06. The van der Waals surface area contributed by atoms with Crippen molar-refractivity contribution < 1.29 is 84.7 Å². The van der Waals surface area contributed by atoms with Crippen LogP contribution in [-0.2, 0) is 57.6 Å². The van der Waals surface area contributed by atoms with E-state index in [-0.39, 0.29) is 19.0 Å². The fraction of sp³-hybridized carbons (Fsp3) is 0.410. The van der Waals surface area contributed by atoms with Gasteiger partial charge in [0.15, 0.2) is 11.6 Å². The molecule has 0 heterocycles. The lowest BCUT2D eigenvalue weighted by atomic mass is 9.91. The van der Waals surface area contributed by atoms with Crippen molar-refractivity contribution >= 4 is 58.4 Å². The van der Waals surface area contributed by atoms with Crippen molar-refractivity contribution in [2.45, 2.75) is 196 Å². The average Bonchev–Trinajstić information content (AvgIpc) is 1.72. The molecule has 22 heteroatoms. The molecule has 9 rings (SSSR count). The van der Waals surface area contributed by atoms with Crippen molar-refractivity contribution in [3.8, 4) is 0 Å². The third-order valence-electron chi connectivity index (χ3n) is 16.1. The Kier molecular flexibility index (Phi) is 37.2. The predicted molar refractivity (Wildman–Crippen MR) is 402 cm³/mol. The molecule has 3 aliphatic rings. The van der Waals surface area contributed by atoms with Crippen LogP contribution in [0.5, 0.6) is 0 Å². The number of nitrogens with two attached hydrogens (primary N) is 2. The monoisotopic (exact) mass is 1460 g/mol. The summed E-state index contributed by atoms with van der Waals surface area (Å²) in [5, 5.41) is 28.7. The highest BCUT2D eigenvalue weighted by Crippen LogP contribution is 2.38. The molecule has 0 aromatic heterocycles. The number of benzene rings is 6. The van der Waals surface area contributed by atoms with Crippen molar-refractivity contribution in [2.24, 2.45) is 11.5 Å². The second kappa shape index (κ2) is 43.6. The number of allylic oxidation sites excluding steroid dienone is 3. The standard InChI is InChI=1S/C28H35NO3.C23H27NO.C20H20O2.C7H16N2O2.2C2HF3O2.CH4/c1-5-6-11-25-23-12-8-7-10-20(23)14-15-21-19-22(16-17-24(21)25)26(30)13-9-18-29-27(31)32-28(2,3)4;1-2-3-8-22-20-9-5-4-7-17(20)11-12-18-16-19(13-14-21(18)22)23(25)10-6-15-24;1-2-3-7-19-17-8-5-4-6-14(17)9-10-15-13-16(20(21)22)11-12-18(15)19;1-7(2,3)11-6(10)9-5-4-8;2*3-2(4,5)1(6)7;/h7-8,10-12,16-17,19H,5-6,9,13-15,18H2,1-4H3,(H,29,31);4-5,7-9,13-14,16H,2-3,6,10-12,15,24H2,1H3;4-8,11-13H,2-3,9-10H2,1H3,(H,21,22);4-5,8H2,1-3H3,(H,9,10);2*(H,6,7);1H4/b25-11+;22-8+;19-7+;;;;. The number of ether oxygens (including phenoxy) is 2. The molecule has 6 aromatic carbocycles. The van der Waals surface area contributed by atoms with E-state index in [0.29, 0.717) is 51.0 Å². The second-order valence-electron chi connectivity index (χ2n) is 26.7. The smallest absolute Gasteiger partial charge is 0.478 e. The number of Topliss-reactive ketones (excluding diaryl/α,β-unsaturated/α-hetero) is 2. The number of carboxylic acids is 3. The minimum absolute atomic E-state index is 0. The number of hydrogen-bond acceptors (Lipinski definition) is 11. The maximum absolute atomic E-state index is 12.8. The minimum atomic E-state index is -5.08. The molecule has 0 radical (unpaired) electrons. The van der Waals surface area contributed by atoms with E-state index in [0.717, 1.165) is 100 Å². The highest BCUT2D eigenvalue weighted by molar-refractivity contribution is 5.98. The zero-order chi connectivity index (χ0) is 77.4. The SMILES string of the molecule is C.CC(C)(C)OC(=O)NCCN.CCC/C=C1\c2ccccc2CCc2cc(C(=O)CCCN)ccc21.CCC/C=C1\c2ccccc2CCc2cc(C(=O)CCCNC(=O)OC(C)(C)C)ccc21.CCC/C=C1\c2ccccc2CCc2cc(C(=O)O)ccc21.O=C(O)C(F)(F)F.O=C(O)C(F)(F)F. The summed E-state index contributed by atoms with van der Waals surface area (Å²) in [4.78, 5) is 76.8. The van der Waals surface area contributed by atoms with Crippen LogP contribution in [0, 0.1) is 0 Å². The zero-order valence-electron chi connectivity index (χ0n) is 60.9. The number of aliphatic carboxylic acids is 2. The largest absolute Gasteiger partial charge is 0.490 e. The van der Waals surface area contributed by atoms with E-state index in [4.69, 9.17) is 40.7 Å². The Hall–Kier alpha value is -9.67. The van der Waals surface area contributed by atoms with Gasteiger partial charge in [-0.3, -0.25) is 9.59 Å². The number of nitrogens with one attached hydrogen (secondary N) is 2. The molecule has 0 unspecified atom stereocenters. The summed E-state index contributed by atoms with van der Waals surface area (Å²) < 4.78 is 73.6. The van der Waals surface area contributed by atoms with Gasteiger partial charge in [-0.2, -0.15) is 26.3 Å². The van der Waals surface area contributed by atoms with Crippen molar-refractivity contribution in [1.82, 2.24) is 10.6 Å². The number of hydrogen-bond donors (Lipinski definition) is 7. The van der Waals surface area contributed by atoms with Gasteiger partial charge in [-0.25, -0.2) is 24.0 Å². The lowest BCUT2D eigenvalue weighted by Gasteiger charge is -2.19. The Balaban J connectivity index is 0.000000353. The number of alkyl carbamates (subject to hydrolysis) is 2. The lowest BCUT2D eigenvalue weighted by Crippen LogP contribution is -2.35. The van der Waals surface area contributed by atoms with Gasteiger partial charge in [0.05, 0.1) is 5.56 Å². The van der Waals surface area contributed by atoms with Crippen LogP contribution in [0.3, 0.4) is 0 Å². The molecular formula is C83H104F6N4O12. The van der Waals surface area contributed by atoms with Gasteiger partial charge in [0, 0.05) is 43.6 Å². The summed E-state index contributed by atoms with van der Waals surface area (Å²) in [6, 6.07) is 43.8. The van der Waals surface area contributed by atoms with Crippen molar-refractivity contribution in [3.05, 3.63) is 229 Å². The van der Waals surface area contributed by atoms with E-state index >= 15 is 0 Å². The van der Waals surface area contributed by atoms with Gasteiger partial charge in [-0.05, 0) is 226 Å². The van der Waals surface area contributed by atoms with E-state index in [1.54, 1.807) is 6.07 Å². The number of carbonyl (C=O) groups excluding carboxylic acids is 4. The molecular weight excluding hydrogens is 1360 g/mol. The van der Waals surface area contributed by atoms with Crippen molar-refractivity contribution in [2.75, 3.05) is 26.2 Å². The molecule has 0 saturated carbocycles. The first-order chi connectivity index (χ1) is 49.1. The van der Waals surface area contributed by atoms with Crippen LogP contribution in [0.1, 0.15) is 232 Å². The van der Waals surface area contributed by atoms with Crippen LogP contribution in [-0.4, -0.2) is 107 Å². The normalized spacial score (nSPS) is 13.7. The maximum atomic E-state index is 12.8. The Morgan fingerprint density at radius 2 is 0.705 bits per heavy atom. The number of unbranched alkanes of at least 4 members (excludes halogenated alkanes) is 3. The van der Waals surface area contributed by atoms with Crippen LogP contribution in [0.25, 0.3) is 16.7 Å². The summed E-state index contributed by atoms with van der Waals surface area (Å²) >= 11 is 0. The fourth-order valence-electron chi connectivity index (χ4n) is 11.2. The molecule has 16 nitrogen and oxygen atoms in total. The molecule has 0 bridgehead atoms. The van der Waals surface area contributed by atoms with Gasteiger partial charge in [0.1, 0.15) is 11.2 Å². The topological polar surface area (TPSA) is 275 Å². The van der Waals surface area contributed by atoms with Crippen LogP contribution < -0.4 is 22.1 Å². The first-order valence-electron chi connectivity index (χ1n) is 35.1. The van der Waals surface area contributed by atoms with Crippen LogP contribution in [0.15, 0.2) is 146 Å². The molecule has 105 heavy (non-hydrogen) atoms. The third kappa shape index (κ3) is 30.5. The number of aryl methyl sites for hydroxylation is 6. The first-order valence-corrected chi connectivity index (χ1v) is 35.1. The van der Waals surface area contributed by atoms with Gasteiger partial charge in [0.2, 0.25) is 0 Å². The number of carboxylic acid groups (broad SMARTS) is 3. The molecule has 2 amide bonds. The number of fused-ring (bicyclic) bond motifs is 6. The number of rotatable bonds is 18. The molecule has 0 saturated heterocycles. The molecule has 0 fully saturated rings. The van der Waals surface area contributed by atoms with Gasteiger partial charge in [-0.1, -0.05) is 169 Å². The molecule has 0 aliphatic heterocycles. The highest BCUT2D eigenvalue weighted by atomic mass is 19.4. The minimum Gasteiger partial charge on any atom is -0.478 e. The van der Waals surface area contributed by atoms with Gasteiger partial charge < -0.3 is 46.9 Å². The fourth-order valence-corrected chi connectivity index (χ4v) is 11.2. The summed E-state index contributed by atoms with van der Waals surface area (Å²) in [7, 11) is 0. The molecule has 0 spiro atoms. The molecule has 9 N–H and O–H groups in total. The second-order valence-corrected chi connectivity index (χ2v) is 26.7. The number of amides is 2. The van der Waals surface area contributed by atoms with Gasteiger partial charge in [0.25, 0.3) is 0 Å². The van der Waals surface area contributed by atoms with Crippen LogP contribution >= 0.6 is 0 Å². The van der Waals surface area contributed by atoms with Crippen LogP contribution in [0.2, 0.25) is 0 Å². The lowest BCUT2D eigenvalue weighted by molar-refractivity contribution is -0.193. The molecule has 570 valence electrons. The van der Waals surface area contributed by atoms with E-state index in [2.05, 4.69) is 147 Å². The number of halogens is 6. The summed E-state index contributed by atoms with van der Waals surface area (Å²) in [6.45, 7) is 19.4. The van der Waals surface area contributed by atoms with Crippen molar-refractivity contribution in [3.63, 3.8) is 0 Å². The average molecular weight is 1460 g/mol. The van der Waals surface area contributed by atoms with Crippen LogP contribution in [0.4, 0.5) is 35.9 Å². The Bertz CT molecular complexity index is 3950. The number of alkyl halides is 6. The third-order valence-corrected chi connectivity index (χ3v) is 16.1. The maximum Gasteiger partial charge on any atom is 0.490 e. The Labute approximate surface area is 613 Å². The van der Waals surface area contributed by atoms with E-state index in [1.165, 1.54) is 77.9 Å². The van der Waals surface area contributed by atoms with Gasteiger partial charge in [-0.15, -0.1) is 0 Å². The summed E-state index contributed by atoms with van der Waals surface area (Å²) in [5.41, 5.74) is 31.0. The van der Waals surface area contributed by atoms with E-state index in [9.17, 15) is 55.4 Å². The van der Waals surface area contributed by atoms with Gasteiger partial charge >= 0.3 is 42.4 Å². The van der Waals surface area contributed by atoms with E-state index in [1.807, 2.05) is 65.8 Å². The number of carbonyl (C=O) groups is 7. The summed E-state index contributed by atoms with van der Waals surface area (Å²) in [6.07, 6.45) is 10.5. The quantitative estimate of drug-likeness (QED) is 0.0240.